The third-order valence-corrected chi connectivity index (χ3v) is 3.96. The topological polar surface area (TPSA) is 58.2 Å². The normalized spacial score (nSPS) is 10.6. The lowest BCUT2D eigenvalue weighted by molar-refractivity contribution is -0.133. The maximum atomic E-state index is 12.2. The fourth-order valence-corrected chi connectivity index (χ4v) is 2.69. The Morgan fingerprint density at radius 2 is 1.33 bits per heavy atom. The molecule has 0 spiro atoms. The van der Waals surface area contributed by atoms with Crippen LogP contribution in [0.25, 0.3) is 0 Å². The van der Waals surface area contributed by atoms with Crippen LogP contribution < -0.4 is 10.6 Å². The molecule has 24 heavy (non-hydrogen) atoms. The Balaban J connectivity index is 2.06. The highest BCUT2D eigenvalue weighted by atomic mass is 16.2. The third kappa shape index (κ3) is 4.22. The molecule has 2 N–H and O–H groups in total. The summed E-state index contributed by atoms with van der Waals surface area (Å²) in [5.74, 6) is -0.921. The van der Waals surface area contributed by atoms with E-state index >= 15 is 0 Å². The van der Waals surface area contributed by atoms with Crippen LogP contribution in [-0.4, -0.2) is 11.8 Å². The smallest absolute Gasteiger partial charge is 0.314 e. The van der Waals surface area contributed by atoms with Crippen molar-refractivity contribution in [2.75, 3.05) is 10.6 Å². The first kappa shape index (κ1) is 17.7. The van der Waals surface area contributed by atoms with Crippen LogP contribution in [0.1, 0.15) is 42.0 Å². The van der Waals surface area contributed by atoms with Crippen molar-refractivity contribution in [3.05, 3.63) is 58.7 Å². The second-order valence-electron chi connectivity index (χ2n) is 6.46. The van der Waals surface area contributed by atoms with E-state index < -0.39 is 11.8 Å². The van der Waals surface area contributed by atoms with Crippen molar-refractivity contribution >= 4 is 23.2 Å². The summed E-state index contributed by atoms with van der Waals surface area (Å²) in [6.45, 7) is 10.0. The molecule has 0 unspecified atom stereocenters. The van der Waals surface area contributed by atoms with Gasteiger partial charge in [0.25, 0.3) is 0 Å². The van der Waals surface area contributed by atoms with E-state index in [9.17, 15) is 9.59 Å². The van der Waals surface area contributed by atoms with Crippen molar-refractivity contribution in [1.29, 1.82) is 0 Å². The van der Waals surface area contributed by atoms with Gasteiger partial charge in [0.15, 0.2) is 0 Å². The lowest BCUT2D eigenvalue weighted by Crippen LogP contribution is -2.29. The van der Waals surface area contributed by atoms with Gasteiger partial charge < -0.3 is 10.6 Å². The van der Waals surface area contributed by atoms with Gasteiger partial charge in [-0.3, -0.25) is 9.59 Å². The van der Waals surface area contributed by atoms with Gasteiger partial charge >= 0.3 is 11.8 Å². The molecule has 2 amide bonds. The molecule has 2 aromatic rings. The number of aryl methyl sites for hydroxylation is 3. The average molecular weight is 324 g/mol. The number of hydrogen-bond acceptors (Lipinski definition) is 2. The summed E-state index contributed by atoms with van der Waals surface area (Å²) >= 11 is 0. The van der Waals surface area contributed by atoms with E-state index in [0.29, 0.717) is 17.3 Å². The van der Waals surface area contributed by atoms with E-state index in [2.05, 4.69) is 24.5 Å². The molecule has 2 aromatic carbocycles. The molecule has 2 rings (SSSR count). The molecule has 0 saturated carbocycles. The fraction of sp³-hybridized carbons (Fsp3) is 0.300. The van der Waals surface area contributed by atoms with Gasteiger partial charge in [0.05, 0.1) is 0 Å². The van der Waals surface area contributed by atoms with Gasteiger partial charge in [-0.05, 0) is 55.5 Å². The summed E-state index contributed by atoms with van der Waals surface area (Å²) in [7, 11) is 0. The van der Waals surface area contributed by atoms with E-state index in [1.165, 1.54) is 5.56 Å². The Bertz CT molecular complexity index is 739. The molecule has 126 valence electrons. The van der Waals surface area contributed by atoms with Gasteiger partial charge in [-0.25, -0.2) is 0 Å². The first-order chi connectivity index (χ1) is 11.3. The monoisotopic (exact) mass is 324 g/mol. The molecule has 0 radical (unpaired) electrons. The summed E-state index contributed by atoms with van der Waals surface area (Å²) in [6.07, 6.45) is 0. The van der Waals surface area contributed by atoms with Crippen molar-refractivity contribution in [2.24, 2.45) is 0 Å². The molecule has 0 aliphatic heterocycles. The summed E-state index contributed by atoms with van der Waals surface area (Å²) < 4.78 is 0. The first-order valence-electron chi connectivity index (χ1n) is 8.08. The van der Waals surface area contributed by atoms with E-state index in [1.54, 1.807) is 0 Å². The Hall–Kier alpha value is -2.62. The maximum Gasteiger partial charge on any atom is 0.314 e. The van der Waals surface area contributed by atoms with Crippen LogP contribution in [0, 0.1) is 20.8 Å². The standard InChI is InChI=1S/C20H24N2O2/c1-12(2)16-6-8-17(9-7-16)21-19(23)20(24)22-18-14(4)10-13(3)11-15(18)5/h6-12H,1-5H3,(H,21,23)(H,22,24). The zero-order valence-electron chi connectivity index (χ0n) is 14.9. The highest BCUT2D eigenvalue weighted by Gasteiger charge is 2.16. The van der Waals surface area contributed by atoms with Gasteiger partial charge in [-0.1, -0.05) is 43.7 Å². The Morgan fingerprint density at radius 1 is 0.833 bits per heavy atom. The van der Waals surface area contributed by atoms with Gasteiger partial charge in [0.2, 0.25) is 0 Å². The molecular weight excluding hydrogens is 300 g/mol. The van der Waals surface area contributed by atoms with Crippen LogP contribution in [0.4, 0.5) is 11.4 Å². The summed E-state index contributed by atoms with van der Waals surface area (Å²) in [5.41, 5.74) is 5.48. The molecule has 4 heteroatoms. The van der Waals surface area contributed by atoms with Gasteiger partial charge in [-0.2, -0.15) is 0 Å². The molecule has 0 aromatic heterocycles. The second kappa shape index (κ2) is 7.30. The highest BCUT2D eigenvalue weighted by Crippen LogP contribution is 2.22. The SMILES string of the molecule is Cc1cc(C)c(NC(=O)C(=O)Nc2ccc(C(C)C)cc2)c(C)c1. The molecule has 0 bridgehead atoms. The fourth-order valence-electron chi connectivity index (χ4n) is 2.69. The van der Waals surface area contributed by atoms with Crippen molar-refractivity contribution in [2.45, 2.75) is 40.5 Å². The predicted molar refractivity (Wildman–Crippen MR) is 98.4 cm³/mol. The second-order valence-corrected chi connectivity index (χ2v) is 6.46. The number of anilines is 2. The Labute approximate surface area is 143 Å². The van der Waals surface area contributed by atoms with E-state index in [4.69, 9.17) is 0 Å². The van der Waals surface area contributed by atoms with Crippen molar-refractivity contribution in [3.8, 4) is 0 Å². The van der Waals surface area contributed by atoms with Crippen LogP contribution in [0.5, 0.6) is 0 Å². The van der Waals surface area contributed by atoms with E-state index in [0.717, 1.165) is 16.7 Å². The Kier molecular flexibility index (Phi) is 5.39. The largest absolute Gasteiger partial charge is 0.318 e. The number of benzene rings is 2. The predicted octanol–water partition coefficient (Wildman–Crippen LogP) is 4.31. The van der Waals surface area contributed by atoms with Gasteiger partial charge in [0.1, 0.15) is 0 Å². The maximum absolute atomic E-state index is 12.2. The third-order valence-electron chi connectivity index (χ3n) is 3.96. The summed E-state index contributed by atoms with van der Waals surface area (Å²) in [6, 6.07) is 11.5. The number of carbonyl (C=O) groups excluding carboxylic acids is 2. The summed E-state index contributed by atoms with van der Waals surface area (Å²) in [5, 5.41) is 5.33. The number of rotatable bonds is 3. The molecule has 0 fully saturated rings. The lowest BCUT2D eigenvalue weighted by Gasteiger charge is -2.13. The number of amides is 2. The van der Waals surface area contributed by atoms with Crippen molar-refractivity contribution in [1.82, 2.24) is 0 Å². The number of nitrogens with one attached hydrogen (secondary N) is 2. The zero-order chi connectivity index (χ0) is 17.9. The van der Waals surface area contributed by atoms with Gasteiger partial charge in [0, 0.05) is 11.4 Å². The Morgan fingerprint density at radius 3 is 1.83 bits per heavy atom. The minimum atomic E-state index is -0.674. The molecule has 4 nitrogen and oxygen atoms in total. The summed E-state index contributed by atoms with van der Waals surface area (Å²) in [4.78, 5) is 24.3. The van der Waals surface area contributed by atoms with Crippen LogP contribution >= 0.6 is 0 Å². The number of hydrogen-bond donors (Lipinski definition) is 2. The minimum absolute atomic E-state index is 0.422. The van der Waals surface area contributed by atoms with E-state index in [1.807, 2.05) is 57.2 Å². The number of carbonyl (C=O) groups is 2. The molecule has 0 atom stereocenters. The van der Waals surface area contributed by atoms with Crippen LogP contribution in [0.3, 0.4) is 0 Å². The average Bonchev–Trinajstić information content (AvgIpc) is 2.51. The lowest BCUT2D eigenvalue weighted by atomic mass is 10.0. The van der Waals surface area contributed by atoms with Crippen LogP contribution in [0.15, 0.2) is 36.4 Å². The molecule has 0 aliphatic carbocycles. The molecule has 0 aliphatic rings. The highest BCUT2D eigenvalue weighted by molar-refractivity contribution is 6.43. The van der Waals surface area contributed by atoms with Gasteiger partial charge in [-0.15, -0.1) is 0 Å². The quantitative estimate of drug-likeness (QED) is 0.826. The van der Waals surface area contributed by atoms with Crippen molar-refractivity contribution in [3.63, 3.8) is 0 Å². The molecule has 0 heterocycles. The van der Waals surface area contributed by atoms with Crippen LogP contribution in [0.2, 0.25) is 0 Å². The first-order valence-corrected chi connectivity index (χ1v) is 8.08. The zero-order valence-corrected chi connectivity index (χ0v) is 14.9. The minimum Gasteiger partial charge on any atom is -0.318 e. The molecular formula is C20H24N2O2. The van der Waals surface area contributed by atoms with Crippen molar-refractivity contribution < 1.29 is 9.59 Å². The molecule has 0 saturated heterocycles. The van der Waals surface area contributed by atoms with Crippen LogP contribution in [-0.2, 0) is 9.59 Å². The van der Waals surface area contributed by atoms with E-state index in [-0.39, 0.29) is 0 Å².